The first-order chi connectivity index (χ1) is 6.13. The van der Waals surface area contributed by atoms with E-state index in [0.29, 0.717) is 0 Å². The van der Waals surface area contributed by atoms with Crippen molar-refractivity contribution in [3.05, 3.63) is 35.9 Å². The van der Waals surface area contributed by atoms with E-state index >= 15 is 0 Å². The van der Waals surface area contributed by atoms with E-state index in [1.54, 1.807) is 31.1 Å². The molecule has 1 aromatic rings. The summed E-state index contributed by atoms with van der Waals surface area (Å²) in [6.07, 6.45) is 0. The van der Waals surface area contributed by atoms with Gasteiger partial charge in [0.1, 0.15) is 0 Å². The highest BCUT2D eigenvalue weighted by atomic mass is 32.2. The van der Waals surface area contributed by atoms with Gasteiger partial charge in [-0.15, -0.1) is 0 Å². The number of hydrogen-bond donors (Lipinski definition) is 0. The van der Waals surface area contributed by atoms with E-state index < -0.39 is 16.5 Å². The van der Waals surface area contributed by atoms with Gasteiger partial charge in [0.15, 0.2) is 0 Å². The molecule has 0 saturated heterocycles. The van der Waals surface area contributed by atoms with Gasteiger partial charge in [-0.05, 0) is 30.7 Å². The molecular weight excluding hydrogens is 186 g/mol. The number of hydrogen-bond acceptors (Lipinski definition) is 3. The Morgan fingerprint density at radius 2 is 1.85 bits per heavy atom. The molecule has 0 amide bonds. The van der Waals surface area contributed by atoms with E-state index in [9.17, 15) is 8.76 Å². The fourth-order valence-electron chi connectivity index (χ4n) is 1.20. The molecule has 0 bridgehead atoms. The Kier molecular flexibility index (Phi) is 3.59. The zero-order chi connectivity index (χ0) is 9.84. The number of rotatable bonds is 3. The van der Waals surface area contributed by atoms with Crippen LogP contribution in [0.3, 0.4) is 0 Å². The molecule has 0 radical (unpaired) electrons. The summed E-state index contributed by atoms with van der Waals surface area (Å²) < 4.78 is 21.8. The largest absolute Gasteiger partial charge is 0.771 e. The Hall–Kier alpha value is -0.710. The van der Waals surface area contributed by atoms with Crippen molar-refractivity contribution in [3.8, 4) is 0 Å². The van der Waals surface area contributed by atoms with Crippen LogP contribution in [0.2, 0.25) is 0 Å². The third-order valence-corrected chi connectivity index (χ3v) is 2.79. The van der Waals surface area contributed by atoms with Gasteiger partial charge in [-0.3, -0.25) is 9.11 Å². The molecule has 13 heavy (non-hydrogen) atoms. The van der Waals surface area contributed by atoms with Crippen LogP contribution >= 0.6 is 0 Å². The van der Waals surface area contributed by atoms with E-state index in [2.05, 4.69) is 0 Å². The van der Waals surface area contributed by atoms with Gasteiger partial charge < -0.3 is 4.55 Å². The first-order valence-corrected chi connectivity index (χ1v) is 5.06. The van der Waals surface area contributed by atoms with E-state index in [1.807, 2.05) is 18.2 Å². The lowest BCUT2D eigenvalue weighted by Crippen LogP contribution is -2.23. The fourth-order valence-corrected chi connectivity index (χ4v) is 1.92. The second-order valence-corrected chi connectivity index (χ2v) is 3.95. The molecule has 0 fully saturated rings. The van der Waals surface area contributed by atoms with Crippen LogP contribution in [-0.4, -0.2) is 27.8 Å². The van der Waals surface area contributed by atoms with Crippen LogP contribution in [-0.2, 0) is 11.1 Å². The van der Waals surface area contributed by atoms with Crippen LogP contribution in [0.4, 0.5) is 0 Å². The summed E-state index contributed by atoms with van der Waals surface area (Å²) in [5.41, 5.74) is 0.792. The highest BCUT2D eigenvalue weighted by Gasteiger charge is 2.13. The molecule has 4 heteroatoms. The second-order valence-electron chi connectivity index (χ2n) is 2.99. The molecule has 1 rings (SSSR count). The maximum atomic E-state index is 10.9. The standard InChI is InChI=1S/C9H13NO2S/c1-10(2)9(13(11)12)8-6-4-3-5-7-8/h3-7,9H,1-2H3,(H,11,12)/p-1. The molecule has 0 N–H and O–H groups in total. The zero-order valence-electron chi connectivity index (χ0n) is 7.64. The topological polar surface area (TPSA) is 43.4 Å². The molecule has 0 spiro atoms. The van der Waals surface area contributed by atoms with Crippen molar-refractivity contribution in [1.29, 1.82) is 0 Å². The van der Waals surface area contributed by atoms with Crippen molar-refractivity contribution >= 4 is 11.1 Å². The predicted molar refractivity (Wildman–Crippen MR) is 51.8 cm³/mol. The molecule has 0 aromatic heterocycles. The lowest BCUT2D eigenvalue weighted by Gasteiger charge is -2.26. The Bertz CT molecular complexity index is 287. The van der Waals surface area contributed by atoms with Crippen molar-refractivity contribution in [1.82, 2.24) is 4.90 Å². The van der Waals surface area contributed by atoms with Crippen LogP contribution in [0.1, 0.15) is 10.9 Å². The third-order valence-electron chi connectivity index (χ3n) is 1.74. The molecule has 0 aliphatic carbocycles. The minimum Gasteiger partial charge on any atom is -0.771 e. The third kappa shape index (κ3) is 2.62. The van der Waals surface area contributed by atoms with Gasteiger partial charge in [0.25, 0.3) is 0 Å². The molecule has 72 valence electrons. The van der Waals surface area contributed by atoms with Gasteiger partial charge in [-0.2, -0.15) is 0 Å². The van der Waals surface area contributed by atoms with E-state index in [-0.39, 0.29) is 0 Å². The van der Waals surface area contributed by atoms with Crippen molar-refractivity contribution in [2.45, 2.75) is 5.37 Å². The molecular formula is C9H12NO2S-. The monoisotopic (exact) mass is 198 g/mol. The summed E-state index contributed by atoms with van der Waals surface area (Å²) in [6.45, 7) is 0. The quantitative estimate of drug-likeness (QED) is 0.684. The normalized spacial score (nSPS) is 15.7. The van der Waals surface area contributed by atoms with E-state index in [1.165, 1.54) is 0 Å². The Morgan fingerprint density at radius 3 is 2.23 bits per heavy atom. The molecule has 0 heterocycles. The molecule has 3 nitrogen and oxygen atoms in total. The van der Waals surface area contributed by atoms with Gasteiger partial charge in [0.2, 0.25) is 0 Å². The Balaban J connectivity index is 2.96. The summed E-state index contributed by atoms with van der Waals surface area (Å²) in [7, 11) is 3.49. The van der Waals surface area contributed by atoms with Gasteiger partial charge >= 0.3 is 0 Å². The van der Waals surface area contributed by atoms with E-state index in [0.717, 1.165) is 5.56 Å². The van der Waals surface area contributed by atoms with Crippen LogP contribution in [0.15, 0.2) is 30.3 Å². The minimum absolute atomic E-state index is 0.554. The lowest BCUT2D eigenvalue weighted by molar-refractivity contribution is 0.361. The fraction of sp³-hybridized carbons (Fsp3) is 0.333. The lowest BCUT2D eigenvalue weighted by atomic mass is 10.2. The zero-order valence-corrected chi connectivity index (χ0v) is 8.45. The van der Waals surface area contributed by atoms with Crippen LogP contribution in [0.25, 0.3) is 0 Å². The van der Waals surface area contributed by atoms with Crippen molar-refractivity contribution in [3.63, 3.8) is 0 Å². The average Bonchev–Trinajstić information content (AvgIpc) is 2.04. The summed E-state index contributed by atoms with van der Waals surface area (Å²) in [6, 6.07) is 9.14. The van der Waals surface area contributed by atoms with Gasteiger partial charge in [-0.1, -0.05) is 30.3 Å². The maximum absolute atomic E-state index is 10.9. The molecule has 2 atom stereocenters. The summed E-state index contributed by atoms with van der Waals surface area (Å²) >= 11 is -2.11. The first-order valence-electron chi connectivity index (χ1n) is 3.92. The van der Waals surface area contributed by atoms with Crippen molar-refractivity contribution < 1.29 is 8.76 Å². The highest BCUT2D eigenvalue weighted by Crippen LogP contribution is 2.19. The Morgan fingerprint density at radius 1 is 1.31 bits per heavy atom. The maximum Gasteiger partial charge on any atom is 0.0977 e. The van der Waals surface area contributed by atoms with Crippen LogP contribution < -0.4 is 0 Å². The van der Waals surface area contributed by atoms with Crippen molar-refractivity contribution in [2.75, 3.05) is 14.1 Å². The molecule has 0 aliphatic rings. The van der Waals surface area contributed by atoms with E-state index in [4.69, 9.17) is 0 Å². The second kappa shape index (κ2) is 4.50. The number of nitrogens with zero attached hydrogens (tertiary/aromatic N) is 1. The first kappa shape index (κ1) is 10.4. The molecule has 1 aromatic carbocycles. The minimum atomic E-state index is -2.11. The average molecular weight is 198 g/mol. The molecule has 2 unspecified atom stereocenters. The summed E-state index contributed by atoms with van der Waals surface area (Å²) in [5, 5.41) is -0.554. The molecule has 0 aliphatic heterocycles. The Labute approximate surface area is 80.7 Å². The van der Waals surface area contributed by atoms with Gasteiger partial charge in [0.05, 0.1) is 5.37 Å². The number of benzene rings is 1. The molecule has 0 saturated carbocycles. The summed E-state index contributed by atoms with van der Waals surface area (Å²) in [5.74, 6) is 0. The summed E-state index contributed by atoms with van der Waals surface area (Å²) in [4.78, 5) is 1.67. The van der Waals surface area contributed by atoms with Crippen LogP contribution in [0.5, 0.6) is 0 Å². The van der Waals surface area contributed by atoms with Crippen molar-refractivity contribution in [2.24, 2.45) is 0 Å². The smallest absolute Gasteiger partial charge is 0.0977 e. The SMILES string of the molecule is CN(C)C(c1ccccc1)S(=O)[O-]. The highest BCUT2D eigenvalue weighted by molar-refractivity contribution is 7.79. The van der Waals surface area contributed by atoms with Gasteiger partial charge in [0, 0.05) is 0 Å². The van der Waals surface area contributed by atoms with Crippen LogP contribution in [0, 0.1) is 0 Å². The van der Waals surface area contributed by atoms with Gasteiger partial charge in [-0.25, -0.2) is 0 Å². The predicted octanol–water partition coefficient (Wildman–Crippen LogP) is 1.13.